The Morgan fingerprint density at radius 2 is 1.95 bits per heavy atom. The molecule has 2 aromatic rings. The van der Waals surface area contributed by atoms with E-state index in [4.69, 9.17) is 11.0 Å². The molecule has 0 aliphatic heterocycles. The highest BCUT2D eigenvalue weighted by Crippen LogP contribution is 2.24. The van der Waals surface area contributed by atoms with E-state index in [1.54, 1.807) is 6.07 Å². The fourth-order valence-corrected chi connectivity index (χ4v) is 3.02. The molecule has 0 amide bonds. The molecule has 2 aromatic carbocycles. The van der Waals surface area contributed by atoms with Gasteiger partial charge in [0.15, 0.2) is 0 Å². The number of sulfonamides is 1. The number of hydrogen-bond acceptors (Lipinski definition) is 4. The van der Waals surface area contributed by atoms with Crippen LogP contribution >= 0.6 is 15.9 Å². The molecule has 0 fully saturated rings. The fraction of sp³-hybridized carbons (Fsp3) is 0. The molecule has 108 valence electrons. The van der Waals surface area contributed by atoms with Gasteiger partial charge in [-0.15, -0.1) is 0 Å². The molecule has 0 aromatic heterocycles. The van der Waals surface area contributed by atoms with Crippen LogP contribution in [0.5, 0.6) is 0 Å². The molecule has 0 spiro atoms. The van der Waals surface area contributed by atoms with Crippen molar-refractivity contribution in [3.8, 4) is 6.07 Å². The highest BCUT2D eigenvalue weighted by Gasteiger charge is 2.17. The van der Waals surface area contributed by atoms with Gasteiger partial charge in [-0.25, -0.2) is 12.8 Å². The molecular weight excluding hydrogens is 361 g/mol. The summed E-state index contributed by atoms with van der Waals surface area (Å²) in [6.07, 6.45) is 0. The Kier molecular flexibility index (Phi) is 4.16. The average molecular weight is 370 g/mol. The van der Waals surface area contributed by atoms with E-state index in [1.807, 2.05) is 6.07 Å². The van der Waals surface area contributed by atoms with Crippen LogP contribution in [0, 0.1) is 17.1 Å². The lowest BCUT2D eigenvalue weighted by molar-refractivity contribution is 0.596. The minimum absolute atomic E-state index is 0.101. The molecule has 0 heterocycles. The van der Waals surface area contributed by atoms with Crippen LogP contribution in [0.15, 0.2) is 45.8 Å². The number of nitrogen functional groups attached to an aromatic ring is 1. The second-order valence-electron chi connectivity index (χ2n) is 4.09. The number of nitriles is 1. The van der Waals surface area contributed by atoms with E-state index in [1.165, 1.54) is 18.2 Å². The lowest BCUT2D eigenvalue weighted by Crippen LogP contribution is -2.14. The smallest absolute Gasteiger partial charge is 0.262 e. The van der Waals surface area contributed by atoms with Crippen LogP contribution in [-0.4, -0.2) is 8.42 Å². The van der Waals surface area contributed by atoms with Crippen LogP contribution in [-0.2, 0) is 10.0 Å². The number of nitrogens with zero attached hydrogens (tertiary/aromatic N) is 1. The van der Waals surface area contributed by atoms with E-state index >= 15 is 0 Å². The van der Waals surface area contributed by atoms with Crippen LogP contribution < -0.4 is 10.5 Å². The van der Waals surface area contributed by atoms with Gasteiger partial charge in [-0.3, -0.25) is 4.72 Å². The Labute approximate surface area is 129 Å². The van der Waals surface area contributed by atoms with Crippen LogP contribution in [0.25, 0.3) is 0 Å². The monoisotopic (exact) mass is 369 g/mol. The maximum absolute atomic E-state index is 13.4. The summed E-state index contributed by atoms with van der Waals surface area (Å²) < 4.78 is 40.6. The summed E-state index contributed by atoms with van der Waals surface area (Å²) in [6, 6.07) is 9.57. The fourth-order valence-electron chi connectivity index (χ4n) is 1.58. The normalized spacial score (nSPS) is 10.9. The maximum Gasteiger partial charge on any atom is 0.262 e. The third-order valence-electron chi connectivity index (χ3n) is 2.63. The van der Waals surface area contributed by atoms with Crippen molar-refractivity contribution in [2.75, 3.05) is 10.5 Å². The molecule has 3 N–H and O–H groups in total. The Balaban J connectivity index is 2.45. The first-order valence-electron chi connectivity index (χ1n) is 5.61. The van der Waals surface area contributed by atoms with E-state index in [2.05, 4.69) is 20.7 Å². The molecule has 8 heteroatoms. The summed E-state index contributed by atoms with van der Waals surface area (Å²) in [5, 5.41) is 8.98. The zero-order chi connectivity index (χ0) is 15.6. The average Bonchev–Trinajstić information content (AvgIpc) is 2.41. The summed E-state index contributed by atoms with van der Waals surface area (Å²) in [4.78, 5) is -0.280. The molecule has 0 aliphatic rings. The van der Waals surface area contributed by atoms with E-state index in [0.717, 1.165) is 12.1 Å². The van der Waals surface area contributed by atoms with E-state index < -0.39 is 15.8 Å². The predicted octanol–water partition coefficient (Wildman–Crippen LogP) is 2.84. The zero-order valence-electron chi connectivity index (χ0n) is 10.5. The minimum atomic E-state index is -4.02. The van der Waals surface area contributed by atoms with E-state index in [0.29, 0.717) is 4.47 Å². The van der Waals surface area contributed by atoms with Crippen LogP contribution in [0.4, 0.5) is 15.8 Å². The van der Waals surface area contributed by atoms with E-state index in [9.17, 15) is 12.8 Å². The Morgan fingerprint density at radius 1 is 1.24 bits per heavy atom. The molecule has 0 radical (unpaired) electrons. The molecule has 21 heavy (non-hydrogen) atoms. The molecular formula is C13H9BrFN3O2S. The van der Waals surface area contributed by atoms with Crippen molar-refractivity contribution in [3.05, 3.63) is 52.3 Å². The van der Waals surface area contributed by atoms with Gasteiger partial charge in [0.2, 0.25) is 0 Å². The van der Waals surface area contributed by atoms with Gasteiger partial charge in [0.05, 0.1) is 21.8 Å². The summed E-state index contributed by atoms with van der Waals surface area (Å²) in [5.41, 5.74) is 5.42. The molecule has 0 saturated heterocycles. The number of rotatable bonds is 3. The SMILES string of the molecule is N#Cc1ccc(Br)cc1NS(=O)(=O)c1ccc(N)c(F)c1. The van der Waals surface area contributed by atoms with Crippen molar-refractivity contribution in [2.45, 2.75) is 4.90 Å². The van der Waals surface area contributed by atoms with Crippen molar-refractivity contribution in [3.63, 3.8) is 0 Å². The second kappa shape index (κ2) is 5.71. The number of anilines is 2. The first-order chi connectivity index (χ1) is 9.83. The topological polar surface area (TPSA) is 96.0 Å². The first-order valence-corrected chi connectivity index (χ1v) is 7.88. The lowest BCUT2D eigenvalue weighted by Gasteiger charge is -2.10. The molecule has 0 atom stereocenters. The highest BCUT2D eigenvalue weighted by atomic mass is 79.9. The standard InChI is InChI=1S/C13H9BrFN3O2S/c14-9-2-1-8(7-16)13(5-9)18-21(19,20)10-3-4-12(17)11(15)6-10/h1-6,18H,17H2. The van der Waals surface area contributed by atoms with Gasteiger partial charge in [-0.05, 0) is 36.4 Å². The predicted molar refractivity (Wildman–Crippen MR) is 80.5 cm³/mol. The summed E-state index contributed by atoms with van der Waals surface area (Å²) in [7, 11) is -4.02. The van der Waals surface area contributed by atoms with Gasteiger partial charge in [0.1, 0.15) is 11.9 Å². The molecule has 0 saturated carbocycles. The van der Waals surface area contributed by atoms with Crippen molar-refractivity contribution < 1.29 is 12.8 Å². The van der Waals surface area contributed by atoms with Gasteiger partial charge in [0.25, 0.3) is 10.0 Å². The van der Waals surface area contributed by atoms with Gasteiger partial charge in [-0.2, -0.15) is 5.26 Å². The van der Waals surface area contributed by atoms with Crippen molar-refractivity contribution in [1.29, 1.82) is 5.26 Å². The summed E-state index contributed by atoms with van der Waals surface area (Å²) in [5.74, 6) is -0.826. The van der Waals surface area contributed by atoms with Crippen LogP contribution in [0.3, 0.4) is 0 Å². The van der Waals surface area contributed by atoms with Crippen molar-refractivity contribution in [2.24, 2.45) is 0 Å². The van der Waals surface area contributed by atoms with E-state index in [-0.39, 0.29) is 21.8 Å². The Hall–Kier alpha value is -2.11. The second-order valence-corrected chi connectivity index (χ2v) is 6.69. The third-order valence-corrected chi connectivity index (χ3v) is 4.49. The Bertz CT molecular complexity index is 847. The summed E-state index contributed by atoms with van der Waals surface area (Å²) >= 11 is 3.19. The van der Waals surface area contributed by atoms with Gasteiger partial charge < -0.3 is 5.73 Å². The molecule has 0 bridgehead atoms. The molecule has 0 aliphatic carbocycles. The van der Waals surface area contributed by atoms with Gasteiger partial charge >= 0.3 is 0 Å². The molecule has 5 nitrogen and oxygen atoms in total. The quantitative estimate of drug-likeness (QED) is 0.812. The third kappa shape index (κ3) is 3.32. The Morgan fingerprint density at radius 3 is 2.57 bits per heavy atom. The molecule has 0 unspecified atom stereocenters. The van der Waals surface area contributed by atoms with Gasteiger partial charge in [0, 0.05) is 4.47 Å². The summed E-state index contributed by atoms with van der Waals surface area (Å²) in [6.45, 7) is 0. The zero-order valence-corrected chi connectivity index (χ0v) is 12.9. The van der Waals surface area contributed by atoms with Crippen LogP contribution in [0.2, 0.25) is 0 Å². The maximum atomic E-state index is 13.4. The first kappa shape index (κ1) is 15.3. The lowest BCUT2D eigenvalue weighted by atomic mass is 10.2. The number of halogens is 2. The number of nitrogens with one attached hydrogen (secondary N) is 1. The molecule has 2 rings (SSSR count). The highest BCUT2D eigenvalue weighted by molar-refractivity contribution is 9.10. The van der Waals surface area contributed by atoms with Crippen LogP contribution in [0.1, 0.15) is 5.56 Å². The largest absolute Gasteiger partial charge is 0.396 e. The number of nitrogens with two attached hydrogens (primary N) is 1. The van der Waals surface area contributed by atoms with Crippen molar-refractivity contribution >= 4 is 37.3 Å². The minimum Gasteiger partial charge on any atom is -0.396 e. The number of hydrogen-bond donors (Lipinski definition) is 2. The van der Waals surface area contributed by atoms with Gasteiger partial charge in [-0.1, -0.05) is 15.9 Å². The number of benzene rings is 2. The van der Waals surface area contributed by atoms with Crippen molar-refractivity contribution in [1.82, 2.24) is 0 Å².